The third kappa shape index (κ3) is 2.86. The van der Waals surface area contributed by atoms with Crippen LogP contribution in [0.1, 0.15) is 18.4 Å². The Morgan fingerprint density at radius 2 is 2.17 bits per heavy atom. The molecule has 2 aromatic rings. The van der Waals surface area contributed by atoms with E-state index in [0.717, 1.165) is 13.1 Å². The van der Waals surface area contributed by atoms with Crippen LogP contribution in [0.5, 0.6) is 0 Å². The van der Waals surface area contributed by atoms with E-state index in [4.69, 9.17) is 5.73 Å². The molecule has 1 aliphatic rings. The first-order valence-corrected chi connectivity index (χ1v) is 7.14. The summed E-state index contributed by atoms with van der Waals surface area (Å²) in [6, 6.07) is 9.03. The van der Waals surface area contributed by atoms with Crippen molar-refractivity contribution < 1.29 is 0 Å². The van der Waals surface area contributed by atoms with Crippen molar-refractivity contribution in [3.63, 3.8) is 0 Å². The molecule has 0 radical (unpaired) electrons. The molecule has 0 saturated carbocycles. The molecule has 3 rings (SSSR count). The van der Waals surface area contributed by atoms with Crippen LogP contribution in [0.2, 0.25) is 0 Å². The molecule has 1 aliphatic heterocycles. The van der Waals surface area contributed by atoms with Gasteiger partial charge in [-0.25, -0.2) is 0 Å². The molecule has 1 saturated heterocycles. The van der Waals surface area contributed by atoms with Crippen molar-refractivity contribution in [3.8, 4) is 0 Å². The van der Waals surface area contributed by atoms with Crippen LogP contribution >= 0.6 is 23.7 Å². The van der Waals surface area contributed by atoms with E-state index in [0.29, 0.717) is 6.04 Å². The maximum atomic E-state index is 6.03. The molecule has 0 amide bonds. The Morgan fingerprint density at radius 3 is 3.00 bits per heavy atom. The first kappa shape index (κ1) is 13.8. The highest BCUT2D eigenvalue weighted by atomic mass is 35.5. The quantitative estimate of drug-likeness (QED) is 0.916. The largest absolute Gasteiger partial charge is 0.327 e. The van der Waals surface area contributed by atoms with Gasteiger partial charge < -0.3 is 5.73 Å². The van der Waals surface area contributed by atoms with Crippen molar-refractivity contribution in [2.75, 3.05) is 13.1 Å². The van der Waals surface area contributed by atoms with Crippen LogP contribution in [-0.2, 0) is 6.54 Å². The lowest BCUT2D eigenvalue weighted by Crippen LogP contribution is -2.42. The fourth-order valence-corrected chi connectivity index (χ4v) is 3.59. The molecule has 4 heteroatoms. The van der Waals surface area contributed by atoms with Gasteiger partial charge in [-0.2, -0.15) is 0 Å². The van der Waals surface area contributed by atoms with Crippen LogP contribution in [0.4, 0.5) is 0 Å². The molecule has 1 unspecified atom stereocenters. The maximum Gasteiger partial charge on any atom is 0.0346 e. The number of hydrogen-bond acceptors (Lipinski definition) is 3. The number of hydrogen-bond donors (Lipinski definition) is 1. The van der Waals surface area contributed by atoms with Gasteiger partial charge in [-0.05, 0) is 41.8 Å². The standard InChI is InChI=1S/C14H18N2S.ClH/c15-12-4-3-7-16(9-12)8-11-10-17-14-6-2-1-5-13(11)14;/h1-2,5-6,10,12H,3-4,7-9,15H2;1H. The number of likely N-dealkylation sites (tertiary alicyclic amines) is 1. The fourth-order valence-electron chi connectivity index (χ4n) is 2.63. The zero-order chi connectivity index (χ0) is 11.7. The van der Waals surface area contributed by atoms with E-state index in [9.17, 15) is 0 Å². The average molecular weight is 283 g/mol. The van der Waals surface area contributed by atoms with E-state index in [1.807, 2.05) is 11.3 Å². The number of thiophene rings is 1. The number of piperidine rings is 1. The molecular formula is C14H19ClN2S. The van der Waals surface area contributed by atoms with Crippen molar-refractivity contribution in [2.24, 2.45) is 5.73 Å². The number of halogens is 1. The summed E-state index contributed by atoms with van der Waals surface area (Å²) in [5.74, 6) is 0. The first-order chi connectivity index (χ1) is 8.33. The summed E-state index contributed by atoms with van der Waals surface area (Å²) in [5.41, 5.74) is 7.49. The van der Waals surface area contributed by atoms with E-state index in [1.54, 1.807) is 0 Å². The number of nitrogens with two attached hydrogens (primary N) is 1. The molecule has 98 valence electrons. The third-order valence-electron chi connectivity index (χ3n) is 3.50. The van der Waals surface area contributed by atoms with Gasteiger partial charge in [0, 0.05) is 23.8 Å². The van der Waals surface area contributed by atoms with Crippen LogP contribution in [0.15, 0.2) is 29.6 Å². The van der Waals surface area contributed by atoms with Crippen LogP contribution in [0.25, 0.3) is 10.1 Å². The molecule has 0 bridgehead atoms. The summed E-state index contributed by atoms with van der Waals surface area (Å²) in [6.45, 7) is 3.29. The lowest BCUT2D eigenvalue weighted by atomic mass is 10.1. The molecular weight excluding hydrogens is 264 g/mol. The molecule has 18 heavy (non-hydrogen) atoms. The van der Waals surface area contributed by atoms with Crippen LogP contribution in [0, 0.1) is 0 Å². The number of rotatable bonds is 2. The highest BCUT2D eigenvalue weighted by molar-refractivity contribution is 7.17. The molecule has 0 aliphatic carbocycles. The van der Waals surface area contributed by atoms with Gasteiger partial charge in [0.1, 0.15) is 0 Å². The summed E-state index contributed by atoms with van der Waals surface area (Å²) < 4.78 is 1.39. The second-order valence-electron chi connectivity index (χ2n) is 4.89. The van der Waals surface area contributed by atoms with Crippen LogP contribution in [0.3, 0.4) is 0 Å². The summed E-state index contributed by atoms with van der Waals surface area (Å²) >= 11 is 1.85. The Labute approximate surface area is 118 Å². The molecule has 1 fully saturated rings. The summed E-state index contributed by atoms with van der Waals surface area (Å²) in [5, 5.41) is 3.71. The molecule has 2 N–H and O–H groups in total. The summed E-state index contributed by atoms with van der Waals surface area (Å²) in [7, 11) is 0. The van der Waals surface area contributed by atoms with Crippen LogP contribution < -0.4 is 5.73 Å². The minimum Gasteiger partial charge on any atom is -0.327 e. The highest BCUT2D eigenvalue weighted by Gasteiger charge is 2.17. The smallest absolute Gasteiger partial charge is 0.0346 e. The molecule has 0 spiro atoms. The van der Waals surface area contributed by atoms with Gasteiger partial charge in [-0.1, -0.05) is 18.2 Å². The van der Waals surface area contributed by atoms with Crippen molar-refractivity contribution in [1.82, 2.24) is 4.90 Å². The predicted octanol–water partition coefficient (Wildman–Crippen LogP) is 3.25. The van der Waals surface area contributed by atoms with Crippen LogP contribution in [-0.4, -0.2) is 24.0 Å². The Bertz CT molecular complexity index is 511. The van der Waals surface area contributed by atoms with E-state index in [1.165, 1.54) is 35.0 Å². The van der Waals surface area contributed by atoms with Crippen molar-refractivity contribution in [1.29, 1.82) is 0 Å². The Kier molecular flexibility index (Phi) is 4.62. The van der Waals surface area contributed by atoms with Crippen molar-refractivity contribution in [3.05, 3.63) is 35.2 Å². The molecule has 1 atom stereocenters. The minimum absolute atomic E-state index is 0. The van der Waals surface area contributed by atoms with Crippen molar-refractivity contribution >= 4 is 33.8 Å². The average Bonchev–Trinajstić information content (AvgIpc) is 2.73. The Morgan fingerprint density at radius 1 is 1.33 bits per heavy atom. The lowest BCUT2D eigenvalue weighted by Gasteiger charge is -2.30. The van der Waals surface area contributed by atoms with E-state index in [2.05, 4.69) is 34.5 Å². The normalized spacial score (nSPS) is 20.8. The van der Waals surface area contributed by atoms with Gasteiger partial charge in [0.25, 0.3) is 0 Å². The third-order valence-corrected chi connectivity index (χ3v) is 4.51. The summed E-state index contributed by atoms with van der Waals surface area (Å²) in [6.07, 6.45) is 2.42. The minimum atomic E-state index is 0. The SMILES string of the molecule is Cl.NC1CCCN(Cc2csc3ccccc23)C1. The van der Waals surface area contributed by atoms with E-state index >= 15 is 0 Å². The van der Waals surface area contributed by atoms with Gasteiger partial charge in [0.2, 0.25) is 0 Å². The maximum absolute atomic E-state index is 6.03. The van der Waals surface area contributed by atoms with Crippen molar-refractivity contribution in [2.45, 2.75) is 25.4 Å². The molecule has 1 aromatic heterocycles. The zero-order valence-corrected chi connectivity index (χ0v) is 12.0. The van der Waals surface area contributed by atoms with E-state index in [-0.39, 0.29) is 12.4 Å². The van der Waals surface area contributed by atoms with Gasteiger partial charge in [0.15, 0.2) is 0 Å². The number of benzene rings is 1. The first-order valence-electron chi connectivity index (χ1n) is 6.26. The number of fused-ring (bicyclic) bond motifs is 1. The van der Waals surface area contributed by atoms with Gasteiger partial charge >= 0.3 is 0 Å². The second kappa shape index (κ2) is 6.02. The van der Waals surface area contributed by atoms with Gasteiger partial charge in [-0.15, -0.1) is 23.7 Å². The Balaban J connectivity index is 0.00000120. The number of nitrogens with zero attached hydrogens (tertiary/aromatic N) is 1. The molecule has 2 nitrogen and oxygen atoms in total. The zero-order valence-electron chi connectivity index (χ0n) is 10.3. The molecule has 1 aromatic carbocycles. The Hall–Kier alpha value is -0.610. The topological polar surface area (TPSA) is 29.3 Å². The van der Waals surface area contributed by atoms with Gasteiger partial charge in [-0.3, -0.25) is 4.90 Å². The predicted molar refractivity (Wildman–Crippen MR) is 81.6 cm³/mol. The highest BCUT2D eigenvalue weighted by Crippen LogP contribution is 2.27. The molecule has 2 heterocycles. The summed E-state index contributed by atoms with van der Waals surface area (Å²) in [4.78, 5) is 2.49. The lowest BCUT2D eigenvalue weighted by molar-refractivity contribution is 0.202. The fraction of sp³-hybridized carbons (Fsp3) is 0.429. The monoisotopic (exact) mass is 282 g/mol. The second-order valence-corrected chi connectivity index (χ2v) is 5.81. The van der Waals surface area contributed by atoms with Gasteiger partial charge in [0.05, 0.1) is 0 Å². The van der Waals surface area contributed by atoms with E-state index < -0.39 is 0 Å².